The van der Waals surface area contributed by atoms with E-state index in [9.17, 15) is 5.11 Å². The Bertz CT molecular complexity index is 1030. The van der Waals surface area contributed by atoms with Crippen molar-refractivity contribution < 1.29 is 5.11 Å². The number of nitrogens with one attached hydrogen (secondary N) is 2. The van der Waals surface area contributed by atoms with Gasteiger partial charge in [-0.3, -0.25) is 5.32 Å². The van der Waals surface area contributed by atoms with Crippen molar-refractivity contribution >= 4 is 0 Å². The van der Waals surface area contributed by atoms with E-state index < -0.39 is 6.23 Å². The minimum Gasteiger partial charge on any atom is -0.374 e. The van der Waals surface area contributed by atoms with E-state index >= 15 is 0 Å². The van der Waals surface area contributed by atoms with E-state index in [0.29, 0.717) is 6.04 Å². The Morgan fingerprint density at radius 1 is 0.938 bits per heavy atom. The number of hydrogen-bond acceptors (Lipinski definition) is 3. The first-order valence-corrected chi connectivity index (χ1v) is 12.0. The molecule has 0 aromatic heterocycles. The number of hydrogen-bond donors (Lipinski definition) is 3. The highest BCUT2D eigenvalue weighted by Crippen LogP contribution is 2.27. The molecular weight excluding hydrogens is 392 g/mol. The van der Waals surface area contributed by atoms with Crippen LogP contribution in [0.25, 0.3) is 11.1 Å². The average Bonchev–Trinajstić information content (AvgIpc) is 2.78. The summed E-state index contributed by atoms with van der Waals surface area (Å²) in [5.74, 6) is 0. The van der Waals surface area contributed by atoms with Gasteiger partial charge in [0.2, 0.25) is 0 Å². The van der Waals surface area contributed by atoms with Gasteiger partial charge < -0.3 is 10.4 Å². The summed E-state index contributed by atoms with van der Waals surface area (Å²) in [4.78, 5) is 0. The lowest BCUT2D eigenvalue weighted by Crippen LogP contribution is -2.34. The average molecular weight is 429 g/mol. The zero-order chi connectivity index (χ0) is 22.5. The Balaban J connectivity index is 1.42. The maximum atomic E-state index is 10.9. The lowest BCUT2D eigenvalue weighted by atomic mass is 9.92. The van der Waals surface area contributed by atoms with Crippen LogP contribution in [-0.4, -0.2) is 11.1 Å². The van der Waals surface area contributed by atoms with Gasteiger partial charge in [-0.15, -0.1) is 0 Å². The van der Waals surface area contributed by atoms with Crippen LogP contribution < -0.4 is 10.6 Å². The normalized spacial score (nSPS) is 15.9. The molecule has 3 aromatic carbocycles. The third-order valence-electron chi connectivity index (χ3n) is 6.86. The van der Waals surface area contributed by atoms with Crippen molar-refractivity contribution in [2.75, 3.05) is 0 Å². The van der Waals surface area contributed by atoms with Crippen molar-refractivity contribution in [2.24, 2.45) is 0 Å². The standard InChI is InChI=1S/C29H36N2O/c1-4-22-18-24(13-14-26(22)19-30-27-11-8-12-27)21(3)31-29(32)25-15-16-28(20(2)17-25)23-9-6-5-7-10-23/h5-7,9-10,13-18,21,27,29-32H,4,8,11-12,19H2,1-3H3. The Hall–Kier alpha value is -2.46. The first-order chi connectivity index (χ1) is 15.5. The zero-order valence-electron chi connectivity index (χ0n) is 19.6. The molecular formula is C29H36N2O. The minimum absolute atomic E-state index is 0.0537. The summed E-state index contributed by atoms with van der Waals surface area (Å²) in [6.45, 7) is 7.39. The van der Waals surface area contributed by atoms with Crippen LogP contribution in [0, 0.1) is 6.92 Å². The molecule has 0 bridgehead atoms. The second-order valence-corrected chi connectivity index (χ2v) is 9.12. The summed E-state index contributed by atoms with van der Waals surface area (Å²) < 4.78 is 0. The SMILES string of the molecule is CCc1cc(C(C)NC(O)c2ccc(-c3ccccc3)c(C)c2)ccc1CNC1CCC1. The predicted octanol–water partition coefficient (Wildman–Crippen LogP) is 6.21. The molecule has 3 heteroatoms. The number of aliphatic hydroxyl groups excluding tert-OH is 1. The molecule has 3 N–H and O–H groups in total. The van der Waals surface area contributed by atoms with Gasteiger partial charge in [-0.05, 0) is 72.1 Å². The van der Waals surface area contributed by atoms with E-state index in [-0.39, 0.29) is 6.04 Å². The van der Waals surface area contributed by atoms with Gasteiger partial charge in [0.1, 0.15) is 6.23 Å². The highest BCUT2D eigenvalue weighted by molar-refractivity contribution is 5.67. The van der Waals surface area contributed by atoms with Gasteiger partial charge in [0.05, 0.1) is 0 Å². The molecule has 2 atom stereocenters. The van der Waals surface area contributed by atoms with Gasteiger partial charge in [0.15, 0.2) is 0 Å². The molecule has 0 saturated heterocycles. The highest BCUT2D eigenvalue weighted by atomic mass is 16.3. The van der Waals surface area contributed by atoms with Gasteiger partial charge in [-0.25, -0.2) is 0 Å². The van der Waals surface area contributed by atoms with Crippen LogP contribution in [0.4, 0.5) is 0 Å². The zero-order valence-corrected chi connectivity index (χ0v) is 19.6. The van der Waals surface area contributed by atoms with Crippen LogP contribution in [0.3, 0.4) is 0 Å². The molecule has 1 aliphatic carbocycles. The van der Waals surface area contributed by atoms with Crippen LogP contribution in [0.1, 0.15) is 73.2 Å². The molecule has 4 rings (SSSR count). The van der Waals surface area contributed by atoms with Gasteiger partial charge >= 0.3 is 0 Å². The summed E-state index contributed by atoms with van der Waals surface area (Å²) >= 11 is 0. The van der Waals surface area contributed by atoms with Crippen LogP contribution in [0.5, 0.6) is 0 Å². The largest absolute Gasteiger partial charge is 0.374 e. The van der Waals surface area contributed by atoms with E-state index in [1.54, 1.807) is 0 Å². The number of benzene rings is 3. The third kappa shape index (κ3) is 5.29. The topological polar surface area (TPSA) is 44.3 Å². The van der Waals surface area contributed by atoms with Crippen LogP contribution in [-0.2, 0) is 13.0 Å². The number of aryl methyl sites for hydroxylation is 2. The van der Waals surface area contributed by atoms with Crippen molar-refractivity contribution in [3.05, 3.63) is 94.5 Å². The molecule has 0 spiro atoms. The number of aliphatic hydroxyl groups is 1. The molecule has 1 saturated carbocycles. The van der Waals surface area contributed by atoms with Crippen molar-refractivity contribution in [3.63, 3.8) is 0 Å². The first-order valence-electron chi connectivity index (χ1n) is 12.0. The first kappa shape index (κ1) is 22.7. The van der Waals surface area contributed by atoms with Crippen molar-refractivity contribution in [2.45, 2.75) is 71.3 Å². The maximum Gasteiger partial charge on any atom is 0.131 e. The Morgan fingerprint density at radius 3 is 2.34 bits per heavy atom. The van der Waals surface area contributed by atoms with Crippen molar-refractivity contribution in [3.8, 4) is 11.1 Å². The lowest BCUT2D eigenvalue weighted by molar-refractivity contribution is 0.126. The molecule has 1 aliphatic rings. The second kappa shape index (κ2) is 10.4. The quantitative estimate of drug-likeness (QED) is 0.355. The van der Waals surface area contributed by atoms with Gasteiger partial charge in [0.25, 0.3) is 0 Å². The second-order valence-electron chi connectivity index (χ2n) is 9.12. The molecule has 3 aromatic rings. The molecule has 2 unspecified atom stereocenters. The van der Waals surface area contributed by atoms with Crippen LogP contribution >= 0.6 is 0 Å². The predicted molar refractivity (Wildman–Crippen MR) is 133 cm³/mol. The Labute approximate surface area is 192 Å². The summed E-state index contributed by atoms with van der Waals surface area (Å²) in [6.07, 6.45) is 4.29. The van der Waals surface area contributed by atoms with E-state index in [0.717, 1.165) is 18.5 Å². The summed E-state index contributed by atoms with van der Waals surface area (Å²) in [6, 6.07) is 24.1. The third-order valence-corrected chi connectivity index (χ3v) is 6.86. The monoisotopic (exact) mass is 428 g/mol. The summed E-state index contributed by atoms with van der Waals surface area (Å²) in [7, 11) is 0. The lowest BCUT2D eigenvalue weighted by Gasteiger charge is -2.27. The van der Waals surface area contributed by atoms with E-state index in [1.807, 2.05) is 12.1 Å². The fraction of sp³-hybridized carbons (Fsp3) is 0.379. The van der Waals surface area contributed by atoms with Crippen LogP contribution in [0.2, 0.25) is 0 Å². The van der Waals surface area contributed by atoms with Gasteiger partial charge in [-0.1, -0.05) is 80.1 Å². The number of rotatable bonds is 9. The molecule has 1 fully saturated rings. The minimum atomic E-state index is -0.710. The van der Waals surface area contributed by atoms with E-state index in [1.165, 1.54) is 52.6 Å². The fourth-order valence-corrected chi connectivity index (χ4v) is 4.51. The van der Waals surface area contributed by atoms with Crippen molar-refractivity contribution in [1.29, 1.82) is 0 Å². The summed E-state index contributed by atoms with van der Waals surface area (Å²) in [5, 5.41) is 17.9. The van der Waals surface area contributed by atoms with Crippen LogP contribution in [0.15, 0.2) is 66.7 Å². The molecule has 0 amide bonds. The molecule has 0 aliphatic heterocycles. The Morgan fingerprint density at radius 2 is 1.69 bits per heavy atom. The highest BCUT2D eigenvalue weighted by Gasteiger charge is 2.18. The van der Waals surface area contributed by atoms with Gasteiger partial charge in [-0.2, -0.15) is 0 Å². The smallest absolute Gasteiger partial charge is 0.131 e. The molecule has 0 heterocycles. The Kier molecular flexibility index (Phi) is 7.41. The molecule has 0 radical (unpaired) electrons. The molecule has 32 heavy (non-hydrogen) atoms. The fourth-order valence-electron chi connectivity index (χ4n) is 4.51. The molecule has 168 valence electrons. The summed E-state index contributed by atoms with van der Waals surface area (Å²) in [5.41, 5.74) is 8.46. The molecule has 3 nitrogen and oxygen atoms in total. The van der Waals surface area contributed by atoms with Crippen molar-refractivity contribution in [1.82, 2.24) is 10.6 Å². The van der Waals surface area contributed by atoms with E-state index in [4.69, 9.17) is 0 Å². The van der Waals surface area contributed by atoms with E-state index in [2.05, 4.69) is 86.0 Å². The maximum absolute atomic E-state index is 10.9. The van der Waals surface area contributed by atoms with Gasteiger partial charge in [0, 0.05) is 18.6 Å².